The third kappa shape index (κ3) is 2.56. The first-order valence-electron chi connectivity index (χ1n) is 8.02. The van der Waals surface area contributed by atoms with Crippen LogP contribution in [0.15, 0.2) is 29.6 Å². The molecule has 4 rings (SSSR count). The van der Waals surface area contributed by atoms with Crippen molar-refractivity contribution in [1.29, 1.82) is 0 Å². The molecule has 1 heterocycles. The van der Waals surface area contributed by atoms with E-state index in [-0.39, 0.29) is 11.8 Å². The monoisotopic (exact) mass is 312 g/mol. The van der Waals surface area contributed by atoms with Crippen molar-refractivity contribution in [3.8, 4) is 11.3 Å². The number of aromatic nitrogens is 1. The summed E-state index contributed by atoms with van der Waals surface area (Å²) in [5.41, 5.74) is 3.28. The standard InChI is InChI=1S/C18H20N2OS/c1-11-2-5-13(6-3-11)16-10-22-18(19-16)20-17(21)15-9-12-4-7-14(15)8-12/h2-3,5-6,10,12,14-15H,4,7-9H2,1H3,(H,19,20,21)/t12-,14+,15+/m0/s1. The summed E-state index contributed by atoms with van der Waals surface area (Å²) in [7, 11) is 0. The van der Waals surface area contributed by atoms with Crippen molar-refractivity contribution in [3.05, 3.63) is 35.2 Å². The zero-order valence-corrected chi connectivity index (χ0v) is 13.5. The first-order chi connectivity index (χ1) is 10.7. The lowest BCUT2D eigenvalue weighted by atomic mass is 9.88. The highest BCUT2D eigenvalue weighted by Gasteiger charge is 2.43. The lowest BCUT2D eigenvalue weighted by Gasteiger charge is -2.19. The minimum Gasteiger partial charge on any atom is -0.302 e. The summed E-state index contributed by atoms with van der Waals surface area (Å²) in [5, 5.41) is 5.78. The number of benzene rings is 1. The van der Waals surface area contributed by atoms with Crippen LogP contribution < -0.4 is 5.32 Å². The van der Waals surface area contributed by atoms with Crippen LogP contribution >= 0.6 is 11.3 Å². The number of rotatable bonds is 3. The molecular formula is C18H20N2OS. The van der Waals surface area contributed by atoms with Crippen molar-refractivity contribution in [2.45, 2.75) is 32.6 Å². The van der Waals surface area contributed by atoms with Crippen LogP contribution in [0.5, 0.6) is 0 Å². The number of hydrogen-bond donors (Lipinski definition) is 1. The Bertz CT molecular complexity index is 691. The van der Waals surface area contributed by atoms with E-state index in [0.29, 0.717) is 5.92 Å². The quantitative estimate of drug-likeness (QED) is 0.907. The largest absolute Gasteiger partial charge is 0.302 e. The fourth-order valence-corrected chi connectivity index (χ4v) is 4.67. The first-order valence-corrected chi connectivity index (χ1v) is 8.90. The highest BCUT2D eigenvalue weighted by molar-refractivity contribution is 7.14. The fourth-order valence-electron chi connectivity index (χ4n) is 3.95. The van der Waals surface area contributed by atoms with Gasteiger partial charge in [-0.05, 0) is 38.0 Å². The average molecular weight is 312 g/mol. The maximum Gasteiger partial charge on any atom is 0.229 e. The van der Waals surface area contributed by atoms with E-state index in [1.165, 1.54) is 36.2 Å². The van der Waals surface area contributed by atoms with Gasteiger partial charge in [0.25, 0.3) is 0 Å². The van der Waals surface area contributed by atoms with E-state index in [4.69, 9.17) is 0 Å². The zero-order chi connectivity index (χ0) is 15.1. The van der Waals surface area contributed by atoms with Gasteiger partial charge in [-0.1, -0.05) is 36.2 Å². The van der Waals surface area contributed by atoms with Crippen LogP contribution in [-0.4, -0.2) is 10.9 Å². The molecule has 1 N–H and O–H groups in total. The Kier molecular flexibility index (Phi) is 3.49. The SMILES string of the molecule is Cc1ccc(-c2csc(NC(=O)[C@@H]3C[C@H]4CC[C@@H]3C4)n2)cc1. The van der Waals surface area contributed by atoms with E-state index in [9.17, 15) is 4.79 Å². The second kappa shape index (κ2) is 5.51. The van der Waals surface area contributed by atoms with Crippen LogP contribution in [0.3, 0.4) is 0 Å². The number of aryl methyl sites for hydroxylation is 1. The van der Waals surface area contributed by atoms with Gasteiger partial charge in [0, 0.05) is 16.9 Å². The highest BCUT2D eigenvalue weighted by Crippen LogP contribution is 2.48. The number of nitrogens with one attached hydrogen (secondary N) is 1. The van der Waals surface area contributed by atoms with Crippen LogP contribution in [0.2, 0.25) is 0 Å². The Morgan fingerprint density at radius 2 is 2.05 bits per heavy atom. The number of fused-ring (bicyclic) bond motifs is 2. The van der Waals surface area contributed by atoms with Crippen LogP contribution in [-0.2, 0) is 4.79 Å². The van der Waals surface area contributed by atoms with Crippen LogP contribution in [0.1, 0.15) is 31.2 Å². The number of carbonyl (C=O) groups is 1. The molecule has 2 aromatic rings. The van der Waals surface area contributed by atoms with Crippen molar-refractivity contribution >= 4 is 22.4 Å². The van der Waals surface area contributed by atoms with E-state index in [2.05, 4.69) is 41.5 Å². The second-order valence-corrected chi connectivity index (χ2v) is 7.53. The van der Waals surface area contributed by atoms with Gasteiger partial charge in [0.2, 0.25) is 5.91 Å². The van der Waals surface area contributed by atoms with Gasteiger partial charge in [-0.3, -0.25) is 4.79 Å². The smallest absolute Gasteiger partial charge is 0.229 e. The van der Waals surface area contributed by atoms with Gasteiger partial charge in [-0.25, -0.2) is 4.98 Å². The topological polar surface area (TPSA) is 42.0 Å². The molecular weight excluding hydrogens is 292 g/mol. The maximum absolute atomic E-state index is 12.5. The van der Waals surface area contributed by atoms with Gasteiger partial charge in [0.05, 0.1) is 5.69 Å². The summed E-state index contributed by atoms with van der Waals surface area (Å²) < 4.78 is 0. The van der Waals surface area contributed by atoms with Gasteiger partial charge in [-0.2, -0.15) is 0 Å². The molecule has 0 radical (unpaired) electrons. The Labute approximate surface area is 134 Å². The van der Waals surface area contributed by atoms with Gasteiger partial charge in [-0.15, -0.1) is 11.3 Å². The molecule has 2 bridgehead atoms. The van der Waals surface area contributed by atoms with Gasteiger partial charge in [0.1, 0.15) is 0 Å². The summed E-state index contributed by atoms with van der Waals surface area (Å²) >= 11 is 1.51. The molecule has 2 fully saturated rings. The summed E-state index contributed by atoms with van der Waals surface area (Å²) in [6.45, 7) is 2.08. The normalized spacial score (nSPS) is 26.3. The third-order valence-electron chi connectivity index (χ3n) is 5.16. The summed E-state index contributed by atoms with van der Waals surface area (Å²) in [4.78, 5) is 17.0. The molecule has 0 aliphatic heterocycles. The molecule has 2 saturated carbocycles. The number of nitrogens with zero attached hydrogens (tertiary/aromatic N) is 1. The highest BCUT2D eigenvalue weighted by atomic mass is 32.1. The molecule has 2 aliphatic carbocycles. The average Bonchev–Trinajstić information content (AvgIpc) is 3.24. The van der Waals surface area contributed by atoms with Gasteiger partial charge >= 0.3 is 0 Å². The summed E-state index contributed by atoms with van der Waals surface area (Å²) in [6.07, 6.45) is 4.88. The number of anilines is 1. The van der Waals surface area contributed by atoms with Crippen molar-refractivity contribution in [2.75, 3.05) is 5.32 Å². The van der Waals surface area contributed by atoms with Crippen molar-refractivity contribution in [2.24, 2.45) is 17.8 Å². The Morgan fingerprint density at radius 1 is 1.23 bits per heavy atom. The molecule has 0 unspecified atom stereocenters. The minimum absolute atomic E-state index is 0.178. The second-order valence-electron chi connectivity index (χ2n) is 6.67. The molecule has 4 heteroatoms. The van der Waals surface area contributed by atoms with Crippen LogP contribution in [0.4, 0.5) is 5.13 Å². The predicted molar refractivity (Wildman–Crippen MR) is 89.9 cm³/mol. The molecule has 1 aromatic carbocycles. The zero-order valence-electron chi connectivity index (χ0n) is 12.7. The molecule has 1 aromatic heterocycles. The number of amides is 1. The van der Waals surface area contributed by atoms with E-state index >= 15 is 0 Å². The molecule has 3 nitrogen and oxygen atoms in total. The van der Waals surface area contributed by atoms with E-state index in [1.807, 2.05) is 5.38 Å². The van der Waals surface area contributed by atoms with Gasteiger partial charge in [0.15, 0.2) is 5.13 Å². The summed E-state index contributed by atoms with van der Waals surface area (Å²) in [6, 6.07) is 8.32. The molecule has 1 amide bonds. The van der Waals surface area contributed by atoms with Crippen molar-refractivity contribution in [3.63, 3.8) is 0 Å². The Hall–Kier alpha value is -1.68. The van der Waals surface area contributed by atoms with E-state index in [0.717, 1.165) is 28.7 Å². The first kappa shape index (κ1) is 13.9. The molecule has 114 valence electrons. The Balaban J connectivity index is 1.45. The number of carbonyl (C=O) groups excluding carboxylic acids is 1. The lowest BCUT2D eigenvalue weighted by Crippen LogP contribution is -2.27. The maximum atomic E-state index is 12.5. The molecule has 22 heavy (non-hydrogen) atoms. The Morgan fingerprint density at radius 3 is 2.73 bits per heavy atom. The van der Waals surface area contributed by atoms with Gasteiger partial charge < -0.3 is 5.32 Å². The predicted octanol–water partition coefficient (Wildman–Crippen LogP) is 4.49. The summed E-state index contributed by atoms with van der Waals surface area (Å²) in [5.74, 6) is 1.80. The van der Waals surface area contributed by atoms with E-state index < -0.39 is 0 Å². The number of thiazole rings is 1. The molecule has 3 atom stereocenters. The molecule has 2 aliphatic rings. The third-order valence-corrected chi connectivity index (χ3v) is 5.91. The fraction of sp³-hybridized carbons (Fsp3) is 0.444. The van der Waals surface area contributed by atoms with E-state index in [1.54, 1.807) is 0 Å². The van der Waals surface area contributed by atoms with Crippen molar-refractivity contribution in [1.82, 2.24) is 4.98 Å². The minimum atomic E-state index is 0.178. The molecule has 0 spiro atoms. The van der Waals surface area contributed by atoms with Crippen molar-refractivity contribution < 1.29 is 4.79 Å². The molecule has 0 saturated heterocycles. The lowest BCUT2D eigenvalue weighted by molar-refractivity contribution is -0.121. The van der Waals surface area contributed by atoms with Crippen LogP contribution in [0.25, 0.3) is 11.3 Å². The number of hydrogen-bond acceptors (Lipinski definition) is 3. The van der Waals surface area contributed by atoms with Crippen LogP contribution in [0, 0.1) is 24.7 Å².